The molecule has 1 heterocycles. The van der Waals surface area contributed by atoms with Crippen molar-refractivity contribution in [2.45, 2.75) is 27.4 Å². The van der Waals surface area contributed by atoms with Gasteiger partial charge in [-0.05, 0) is 61.7 Å². The Bertz CT molecular complexity index is 1490. The maximum absolute atomic E-state index is 12.9. The highest BCUT2D eigenvalue weighted by Gasteiger charge is 2.34. The number of ether oxygens (including phenoxy) is 3. The van der Waals surface area contributed by atoms with Gasteiger partial charge < -0.3 is 19.3 Å². The molecule has 0 radical (unpaired) electrons. The molecule has 4 rings (SSSR count). The van der Waals surface area contributed by atoms with Crippen LogP contribution in [0.4, 0.5) is 0 Å². The number of aliphatic imine (C=N–C) groups is 1. The summed E-state index contributed by atoms with van der Waals surface area (Å²) in [6.45, 7) is 6.00. The molecule has 1 N–H and O–H groups in total. The van der Waals surface area contributed by atoms with Gasteiger partial charge >= 0.3 is 5.97 Å². The monoisotopic (exact) mass is 543 g/mol. The van der Waals surface area contributed by atoms with Gasteiger partial charge in [-0.2, -0.15) is 0 Å². The molecule has 1 amide bonds. The maximum Gasteiger partial charge on any atom is 0.344 e. The molecule has 39 heavy (non-hydrogen) atoms. The summed E-state index contributed by atoms with van der Waals surface area (Å²) in [5, 5.41) is 11.0. The van der Waals surface area contributed by atoms with Crippen LogP contribution in [0.1, 0.15) is 39.5 Å². The normalized spacial score (nSPS) is 15.1. The smallest absolute Gasteiger partial charge is 0.344 e. The van der Waals surface area contributed by atoms with Crippen molar-refractivity contribution in [2.75, 3.05) is 13.7 Å². The number of hydrogen-bond acceptors (Lipinski definition) is 7. The van der Waals surface area contributed by atoms with Crippen LogP contribution < -0.4 is 9.47 Å². The fourth-order valence-electron chi connectivity index (χ4n) is 3.85. The molecule has 1 aliphatic rings. The minimum atomic E-state index is -0.750. The number of amides is 1. The molecule has 0 bridgehead atoms. The zero-order valence-electron chi connectivity index (χ0n) is 22.2. The second-order valence-corrected chi connectivity index (χ2v) is 9.81. The first-order chi connectivity index (χ1) is 18.8. The second kappa shape index (κ2) is 12.5. The SMILES string of the molecule is CCOC(=O)C1=C(O)/C(=C/c2ccc(OCc3ccc(C)cc3)c(OC)c2)SC1=NC(=O)c1ccccc1C. The molecule has 200 valence electrons. The number of aliphatic hydroxyl groups excluding tert-OH is 1. The molecule has 1 aliphatic heterocycles. The van der Waals surface area contributed by atoms with Crippen molar-refractivity contribution in [1.29, 1.82) is 0 Å². The van der Waals surface area contributed by atoms with Crippen LogP contribution in [0.2, 0.25) is 0 Å². The van der Waals surface area contributed by atoms with Gasteiger partial charge in [0.15, 0.2) is 11.5 Å². The molecule has 0 spiro atoms. The van der Waals surface area contributed by atoms with E-state index in [4.69, 9.17) is 14.2 Å². The summed E-state index contributed by atoms with van der Waals surface area (Å²) < 4.78 is 16.6. The lowest BCUT2D eigenvalue weighted by molar-refractivity contribution is -0.138. The molecule has 0 saturated heterocycles. The topological polar surface area (TPSA) is 94.4 Å². The highest BCUT2D eigenvalue weighted by Crippen LogP contribution is 2.40. The van der Waals surface area contributed by atoms with Gasteiger partial charge in [-0.25, -0.2) is 9.79 Å². The second-order valence-electron chi connectivity index (χ2n) is 8.78. The Balaban J connectivity index is 1.62. The lowest BCUT2D eigenvalue weighted by atomic mass is 10.1. The van der Waals surface area contributed by atoms with Gasteiger partial charge in [0.25, 0.3) is 5.91 Å². The average molecular weight is 544 g/mol. The van der Waals surface area contributed by atoms with E-state index in [0.717, 1.165) is 22.9 Å². The third-order valence-corrected chi connectivity index (χ3v) is 6.97. The Labute approximate surface area is 231 Å². The summed E-state index contributed by atoms with van der Waals surface area (Å²) in [6.07, 6.45) is 1.69. The predicted octanol–water partition coefficient (Wildman–Crippen LogP) is 6.59. The molecule has 3 aromatic rings. The molecule has 3 aromatic carbocycles. The third-order valence-electron chi connectivity index (χ3n) is 5.95. The number of methoxy groups -OCH3 is 1. The summed E-state index contributed by atoms with van der Waals surface area (Å²) in [7, 11) is 1.55. The van der Waals surface area contributed by atoms with Gasteiger partial charge in [-0.1, -0.05) is 65.9 Å². The van der Waals surface area contributed by atoms with Crippen molar-refractivity contribution < 1.29 is 28.9 Å². The standard InChI is InChI=1S/C31H29NO6S/c1-5-37-31(35)27-28(33)26(39-30(27)32-29(34)23-9-7-6-8-20(23)3)17-22-14-15-24(25(16-22)36-4)38-18-21-12-10-19(2)11-13-21/h6-17,33H,5,18H2,1-4H3/b26-17-,32-30?. The van der Waals surface area contributed by atoms with Crippen molar-refractivity contribution in [3.05, 3.63) is 111 Å². The Morgan fingerprint density at radius 1 is 1.00 bits per heavy atom. The van der Waals surface area contributed by atoms with Crippen LogP contribution in [0.25, 0.3) is 6.08 Å². The van der Waals surface area contributed by atoms with Gasteiger partial charge in [0.05, 0.1) is 18.6 Å². The van der Waals surface area contributed by atoms with Crippen LogP contribution in [0.3, 0.4) is 0 Å². The molecule has 8 heteroatoms. The van der Waals surface area contributed by atoms with E-state index < -0.39 is 11.9 Å². The Hall–Kier alpha value is -4.30. The van der Waals surface area contributed by atoms with Gasteiger partial charge in [-0.15, -0.1) is 0 Å². The summed E-state index contributed by atoms with van der Waals surface area (Å²) in [6, 6.07) is 20.5. The van der Waals surface area contributed by atoms with Gasteiger partial charge in [0.2, 0.25) is 0 Å². The Morgan fingerprint density at radius 3 is 2.44 bits per heavy atom. The van der Waals surface area contributed by atoms with E-state index in [2.05, 4.69) is 4.99 Å². The molecule has 0 fully saturated rings. The summed E-state index contributed by atoms with van der Waals surface area (Å²) >= 11 is 1.02. The van der Waals surface area contributed by atoms with Crippen LogP contribution in [-0.4, -0.2) is 35.7 Å². The quantitative estimate of drug-likeness (QED) is 0.320. The van der Waals surface area contributed by atoms with Crippen LogP contribution in [0.15, 0.2) is 88.0 Å². The van der Waals surface area contributed by atoms with Crippen molar-refractivity contribution in [3.8, 4) is 11.5 Å². The first-order valence-corrected chi connectivity index (χ1v) is 13.2. The van der Waals surface area contributed by atoms with Gasteiger partial charge in [0.1, 0.15) is 23.0 Å². The zero-order valence-corrected chi connectivity index (χ0v) is 23.0. The maximum atomic E-state index is 12.9. The molecule has 0 atom stereocenters. The fraction of sp³-hybridized carbons (Fsp3) is 0.194. The number of nitrogens with zero attached hydrogens (tertiary/aromatic N) is 1. The molecule has 7 nitrogen and oxygen atoms in total. The van der Waals surface area contributed by atoms with Crippen molar-refractivity contribution in [3.63, 3.8) is 0 Å². The average Bonchev–Trinajstić information content (AvgIpc) is 3.22. The van der Waals surface area contributed by atoms with E-state index in [1.54, 1.807) is 44.4 Å². The van der Waals surface area contributed by atoms with Crippen LogP contribution in [0, 0.1) is 13.8 Å². The Morgan fingerprint density at radius 2 is 1.74 bits per heavy atom. The number of carbonyl (C=O) groups excluding carboxylic acids is 2. The highest BCUT2D eigenvalue weighted by atomic mass is 32.2. The Kier molecular flexibility index (Phi) is 8.88. The molecule has 0 unspecified atom stereocenters. The number of benzene rings is 3. The molecular formula is C31H29NO6S. The van der Waals surface area contributed by atoms with E-state index in [1.165, 1.54) is 5.56 Å². The number of thioether (sulfide) groups is 1. The van der Waals surface area contributed by atoms with E-state index in [9.17, 15) is 14.7 Å². The first kappa shape index (κ1) is 27.7. The summed E-state index contributed by atoms with van der Waals surface area (Å²) in [4.78, 5) is 30.1. The van der Waals surface area contributed by atoms with Crippen LogP contribution >= 0.6 is 11.8 Å². The van der Waals surface area contributed by atoms with Gasteiger partial charge in [-0.3, -0.25) is 4.79 Å². The zero-order chi connectivity index (χ0) is 27.9. The van der Waals surface area contributed by atoms with E-state index >= 15 is 0 Å². The fourth-order valence-corrected chi connectivity index (χ4v) is 4.86. The van der Waals surface area contributed by atoms with E-state index in [0.29, 0.717) is 34.1 Å². The van der Waals surface area contributed by atoms with Crippen LogP contribution in [-0.2, 0) is 16.1 Å². The first-order valence-electron chi connectivity index (χ1n) is 12.4. The lowest BCUT2D eigenvalue weighted by Crippen LogP contribution is -2.14. The van der Waals surface area contributed by atoms with Crippen molar-refractivity contribution >= 4 is 34.8 Å². The molecule has 0 aliphatic carbocycles. The number of esters is 1. The summed E-state index contributed by atoms with van der Waals surface area (Å²) in [5.74, 6) is -0.481. The minimum Gasteiger partial charge on any atom is -0.506 e. The van der Waals surface area contributed by atoms with Gasteiger partial charge in [0, 0.05) is 5.56 Å². The number of aliphatic hydroxyl groups is 1. The van der Waals surface area contributed by atoms with E-state index in [1.807, 2.05) is 56.3 Å². The largest absolute Gasteiger partial charge is 0.506 e. The number of carbonyl (C=O) groups is 2. The highest BCUT2D eigenvalue weighted by molar-refractivity contribution is 8.18. The molecular weight excluding hydrogens is 514 g/mol. The van der Waals surface area contributed by atoms with E-state index in [-0.39, 0.29) is 23.0 Å². The minimum absolute atomic E-state index is 0.0791. The number of hydrogen-bond donors (Lipinski definition) is 1. The summed E-state index contributed by atoms with van der Waals surface area (Å²) in [5.41, 5.74) is 3.93. The predicted molar refractivity (Wildman–Crippen MR) is 153 cm³/mol. The third kappa shape index (κ3) is 6.59. The van der Waals surface area contributed by atoms with Crippen LogP contribution in [0.5, 0.6) is 11.5 Å². The molecule has 0 saturated carbocycles. The van der Waals surface area contributed by atoms with Crippen molar-refractivity contribution in [1.82, 2.24) is 0 Å². The number of aryl methyl sites for hydroxylation is 2. The van der Waals surface area contributed by atoms with Crippen molar-refractivity contribution in [2.24, 2.45) is 4.99 Å². The molecule has 0 aromatic heterocycles. The lowest BCUT2D eigenvalue weighted by Gasteiger charge is -2.12. The number of rotatable bonds is 8.